The molecule has 296 valence electrons. The van der Waals surface area contributed by atoms with Crippen LogP contribution in [0.15, 0.2) is 66.7 Å². The zero-order chi connectivity index (χ0) is 38.9. The number of aliphatic carboxylic acids is 3. The number of nitrogens with one attached hydrogen (secondary N) is 3. The van der Waals surface area contributed by atoms with E-state index in [0.717, 1.165) is 66.7 Å². The average molecular weight is 759 g/mol. The number of hydrogen-bond acceptors (Lipinski definition) is 8. The third-order valence-corrected chi connectivity index (χ3v) is 12.0. The molecule has 3 aliphatic rings. The van der Waals surface area contributed by atoms with Gasteiger partial charge in [0.1, 0.15) is 12.0 Å². The maximum Gasteiger partial charge on any atom is 0.307 e. The first-order valence-corrected chi connectivity index (χ1v) is 19.7. The Balaban J connectivity index is 1.23. The molecule has 3 aromatic carbocycles. The second-order valence-electron chi connectivity index (χ2n) is 15.9. The molecule has 6 rings (SSSR count). The van der Waals surface area contributed by atoms with Crippen LogP contribution in [0.2, 0.25) is 0 Å². The van der Waals surface area contributed by atoms with Crippen molar-refractivity contribution in [3.8, 4) is 0 Å². The van der Waals surface area contributed by atoms with E-state index in [0.29, 0.717) is 44.6 Å². The van der Waals surface area contributed by atoms with Gasteiger partial charge in [0.05, 0.1) is 17.8 Å². The molecule has 0 radical (unpaired) electrons. The van der Waals surface area contributed by atoms with Gasteiger partial charge in [-0.05, 0) is 135 Å². The van der Waals surface area contributed by atoms with Gasteiger partial charge in [-0.1, -0.05) is 60.7 Å². The number of carboxylic acids is 3. The smallest absolute Gasteiger partial charge is 0.307 e. The van der Waals surface area contributed by atoms with Crippen molar-refractivity contribution in [1.29, 1.82) is 0 Å². The minimum absolute atomic E-state index is 0.0502. The van der Waals surface area contributed by atoms with Gasteiger partial charge in [-0.25, -0.2) is 4.39 Å². The van der Waals surface area contributed by atoms with Gasteiger partial charge in [0.15, 0.2) is 0 Å². The first-order chi connectivity index (χ1) is 26.5. The van der Waals surface area contributed by atoms with E-state index in [-0.39, 0.29) is 37.1 Å². The molecule has 11 nitrogen and oxygen atoms in total. The highest BCUT2D eigenvalue weighted by Crippen LogP contribution is 2.29. The molecule has 0 unspecified atom stereocenters. The molecule has 3 saturated heterocycles. The van der Waals surface area contributed by atoms with E-state index in [1.807, 2.05) is 53.4 Å². The zero-order valence-electron chi connectivity index (χ0n) is 31.3. The van der Waals surface area contributed by atoms with Crippen molar-refractivity contribution in [2.24, 2.45) is 35.5 Å². The molecular weight excluding hydrogens is 703 g/mol. The lowest BCUT2D eigenvalue weighted by Crippen LogP contribution is -2.36. The summed E-state index contributed by atoms with van der Waals surface area (Å²) in [6, 6.07) is 20.2. The largest absolute Gasteiger partial charge is 0.481 e. The summed E-state index contributed by atoms with van der Waals surface area (Å²) in [5.74, 6) is -4.76. The van der Waals surface area contributed by atoms with Crippen molar-refractivity contribution < 1.29 is 39.2 Å². The fraction of sp³-hybridized carbons (Fsp3) is 0.512. The summed E-state index contributed by atoms with van der Waals surface area (Å²) in [4.78, 5) is 38.6. The van der Waals surface area contributed by atoms with E-state index in [1.54, 1.807) is 12.1 Å². The molecule has 3 aromatic rings. The molecule has 3 fully saturated rings. The number of carbonyl (C=O) groups is 3. The molecule has 0 aliphatic carbocycles. The summed E-state index contributed by atoms with van der Waals surface area (Å²) < 4.78 is 15.2. The fourth-order valence-electron chi connectivity index (χ4n) is 8.87. The predicted molar refractivity (Wildman–Crippen MR) is 206 cm³/mol. The summed E-state index contributed by atoms with van der Waals surface area (Å²) in [5.41, 5.74) is 4.57. The summed E-state index contributed by atoms with van der Waals surface area (Å²) in [7, 11) is 0. The van der Waals surface area contributed by atoms with Crippen LogP contribution < -0.4 is 16.0 Å². The van der Waals surface area contributed by atoms with Gasteiger partial charge in [0.25, 0.3) is 0 Å². The number of carboxylic acid groups (broad SMARTS) is 3. The lowest BCUT2D eigenvalue weighted by Gasteiger charge is -2.29. The first-order valence-electron chi connectivity index (χ1n) is 19.7. The normalized spacial score (nSPS) is 22.1. The third-order valence-electron chi connectivity index (χ3n) is 12.0. The van der Waals surface area contributed by atoms with Gasteiger partial charge >= 0.3 is 17.9 Å². The number of aliphatic hydroxyl groups excluding tert-OH is 1. The Labute approximate surface area is 322 Å². The Morgan fingerprint density at radius 3 is 1.47 bits per heavy atom. The minimum Gasteiger partial charge on any atom is -0.481 e. The van der Waals surface area contributed by atoms with E-state index in [4.69, 9.17) is 0 Å². The van der Waals surface area contributed by atoms with E-state index in [2.05, 4.69) is 16.0 Å². The van der Waals surface area contributed by atoms with Crippen molar-refractivity contribution in [2.75, 3.05) is 39.3 Å². The van der Waals surface area contributed by atoms with Crippen molar-refractivity contribution in [3.63, 3.8) is 0 Å². The molecule has 0 amide bonds. The summed E-state index contributed by atoms with van der Waals surface area (Å²) >= 11 is 0. The number of halogens is 1. The highest BCUT2D eigenvalue weighted by Gasteiger charge is 2.33. The van der Waals surface area contributed by atoms with Crippen LogP contribution in [0.4, 0.5) is 4.39 Å². The van der Waals surface area contributed by atoms with Crippen LogP contribution in [-0.4, -0.2) is 88.7 Å². The zero-order valence-corrected chi connectivity index (χ0v) is 31.3. The standard InChI is InChI=1S/C43H55FN4O7/c44-39-8-7-31(17-35(39)21-38(43(54)55)34-11-14-47-24-34)26-48(25-30-6-2-4-28(16-30)19-37(42(52)53)33-10-13-46-23-33)40(49)20-29-5-1-3-27(15-29)18-36(41(50)51)32-9-12-45-22-32/h1-8,15-17,32-34,36-38,40,45-47,49H,9-14,18-26H2,(H,50,51)(H,52,53)(H,54,55)/t32-,33-,34-,36-,37-,38-,40-/m0/s1. The molecule has 0 saturated carbocycles. The number of nitrogens with zero attached hydrogens (tertiary/aromatic N) is 1. The second-order valence-corrected chi connectivity index (χ2v) is 15.9. The Bertz CT molecular complexity index is 1770. The molecule has 7 N–H and O–H groups in total. The summed E-state index contributed by atoms with van der Waals surface area (Å²) in [5, 5.41) is 51.8. The van der Waals surface area contributed by atoms with Crippen LogP contribution in [0, 0.1) is 41.3 Å². The lowest BCUT2D eigenvalue weighted by molar-refractivity contribution is -0.144. The van der Waals surface area contributed by atoms with Crippen molar-refractivity contribution in [1.82, 2.24) is 20.9 Å². The van der Waals surface area contributed by atoms with Crippen LogP contribution in [0.5, 0.6) is 0 Å². The molecule has 12 heteroatoms. The van der Waals surface area contributed by atoms with E-state index in [9.17, 15) is 34.8 Å². The molecule has 3 heterocycles. The monoisotopic (exact) mass is 758 g/mol. The Morgan fingerprint density at radius 2 is 1.02 bits per heavy atom. The quantitative estimate of drug-likeness (QED) is 0.0884. The van der Waals surface area contributed by atoms with Crippen LogP contribution >= 0.6 is 0 Å². The molecule has 0 spiro atoms. The van der Waals surface area contributed by atoms with E-state index >= 15 is 4.39 Å². The lowest BCUT2D eigenvalue weighted by atomic mass is 9.85. The Kier molecular flexibility index (Phi) is 14.1. The maximum atomic E-state index is 15.2. The van der Waals surface area contributed by atoms with Crippen molar-refractivity contribution in [2.45, 2.75) is 64.3 Å². The van der Waals surface area contributed by atoms with Gasteiger partial charge in [-0.3, -0.25) is 19.3 Å². The molecule has 55 heavy (non-hydrogen) atoms. The minimum atomic E-state index is -0.991. The topological polar surface area (TPSA) is 171 Å². The number of aliphatic hydroxyl groups is 1. The number of rotatable bonds is 19. The van der Waals surface area contributed by atoms with Gasteiger partial charge in [0, 0.05) is 19.5 Å². The summed E-state index contributed by atoms with van der Waals surface area (Å²) in [6.07, 6.45) is 2.46. The van der Waals surface area contributed by atoms with Crippen LogP contribution in [-0.2, 0) is 53.2 Å². The van der Waals surface area contributed by atoms with Gasteiger partial charge < -0.3 is 36.4 Å². The molecule has 3 aliphatic heterocycles. The highest BCUT2D eigenvalue weighted by molar-refractivity contribution is 5.72. The van der Waals surface area contributed by atoms with E-state index < -0.39 is 47.7 Å². The Morgan fingerprint density at radius 1 is 0.600 bits per heavy atom. The number of hydrogen-bond donors (Lipinski definition) is 7. The molecule has 0 bridgehead atoms. The fourth-order valence-corrected chi connectivity index (χ4v) is 8.87. The third kappa shape index (κ3) is 11.0. The van der Waals surface area contributed by atoms with Gasteiger partial charge in [-0.2, -0.15) is 0 Å². The van der Waals surface area contributed by atoms with Gasteiger partial charge in [-0.15, -0.1) is 0 Å². The first kappa shape index (κ1) is 40.5. The van der Waals surface area contributed by atoms with Crippen LogP contribution in [0.25, 0.3) is 0 Å². The molecule has 0 aromatic heterocycles. The molecular formula is C43H55FN4O7. The molecule has 7 atom stereocenters. The number of benzene rings is 3. The Hall–Kier alpha value is -4.20. The SMILES string of the molecule is O=C(O)[C@@H](Cc1cccc(C[C@H](O)N(Cc2cccc(C[C@H](C(=O)O)[C@H]3CCNC3)c2)Cc2ccc(F)c(C[C@H](C(=O)O)[C@H]3CCNC3)c2)c1)[C@H]1CCNC1. The predicted octanol–water partition coefficient (Wildman–Crippen LogP) is 3.95. The van der Waals surface area contributed by atoms with Crippen LogP contribution in [0.3, 0.4) is 0 Å². The average Bonchev–Trinajstić information content (AvgIpc) is 3.98. The van der Waals surface area contributed by atoms with Crippen molar-refractivity contribution >= 4 is 17.9 Å². The van der Waals surface area contributed by atoms with Crippen molar-refractivity contribution in [3.05, 3.63) is 106 Å². The second kappa shape index (κ2) is 19.1. The maximum absolute atomic E-state index is 15.2. The van der Waals surface area contributed by atoms with Gasteiger partial charge in [0.2, 0.25) is 0 Å². The van der Waals surface area contributed by atoms with E-state index in [1.165, 1.54) is 6.07 Å². The summed E-state index contributed by atoms with van der Waals surface area (Å²) in [6.45, 7) is 4.84. The highest BCUT2D eigenvalue weighted by atomic mass is 19.1. The van der Waals surface area contributed by atoms with Crippen LogP contribution in [0.1, 0.15) is 52.6 Å².